The van der Waals surface area contributed by atoms with Gasteiger partial charge in [-0.1, -0.05) is 0 Å². The lowest BCUT2D eigenvalue weighted by molar-refractivity contribution is -0.0327. The molecule has 0 aliphatic heterocycles. The molecule has 1 rings (SSSR count). The number of hydrogen-bond donors (Lipinski definition) is 1. The van der Waals surface area contributed by atoms with Crippen LogP contribution in [0.15, 0.2) is 18.2 Å². The number of carbonyl (C=O) groups is 1. The Balaban J connectivity index is 2.59. The molecule has 1 amide bonds. The predicted octanol–water partition coefficient (Wildman–Crippen LogP) is 2.69. The van der Waals surface area contributed by atoms with Crippen molar-refractivity contribution in [2.45, 2.75) is 5.51 Å². The third-order valence-corrected chi connectivity index (χ3v) is 3.00. The molecule has 0 atom stereocenters. The summed E-state index contributed by atoms with van der Waals surface area (Å²) in [5.41, 5.74) is -4.03. The fourth-order valence-electron chi connectivity index (χ4n) is 1.37. The van der Waals surface area contributed by atoms with Crippen LogP contribution in [0.3, 0.4) is 0 Å². The van der Waals surface area contributed by atoms with E-state index in [0.29, 0.717) is 11.5 Å². The Morgan fingerprint density at radius 3 is 2.20 bits per heavy atom. The van der Waals surface area contributed by atoms with Gasteiger partial charge in [0.1, 0.15) is 11.5 Å². The fraction of sp³-hybridized carbons (Fsp3) is 0.417. The molecule has 0 aliphatic carbocycles. The van der Waals surface area contributed by atoms with E-state index in [4.69, 9.17) is 9.47 Å². The molecule has 20 heavy (non-hydrogen) atoms. The molecule has 1 N–H and O–H groups in total. The maximum atomic E-state index is 11.9. The van der Waals surface area contributed by atoms with Crippen LogP contribution < -0.4 is 14.8 Å². The lowest BCUT2D eigenvalue weighted by Gasteiger charge is -2.09. The van der Waals surface area contributed by atoms with Crippen LogP contribution >= 0.6 is 11.8 Å². The van der Waals surface area contributed by atoms with Crippen LogP contribution in [0.1, 0.15) is 10.4 Å². The minimum absolute atomic E-state index is 0.0808. The molecule has 0 aromatic heterocycles. The second kappa shape index (κ2) is 7.28. The normalized spacial score (nSPS) is 11.1. The van der Waals surface area contributed by atoms with Crippen LogP contribution in [0.5, 0.6) is 11.5 Å². The van der Waals surface area contributed by atoms with E-state index in [9.17, 15) is 18.0 Å². The van der Waals surface area contributed by atoms with E-state index in [1.54, 1.807) is 6.07 Å². The zero-order valence-electron chi connectivity index (χ0n) is 10.9. The van der Waals surface area contributed by atoms with Crippen molar-refractivity contribution in [3.05, 3.63) is 23.8 Å². The maximum Gasteiger partial charge on any atom is 0.441 e. The van der Waals surface area contributed by atoms with Gasteiger partial charge in [0.05, 0.1) is 14.2 Å². The number of hydrogen-bond acceptors (Lipinski definition) is 4. The van der Waals surface area contributed by atoms with Crippen molar-refractivity contribution in [3.8, 4) is 11.5 Å². The molecule has 4 nitrogen and oxygen atoms in total. The molecule has 112 valence electrons. The Morgan fingerprint density at radius 1 is 1.20 bits per heavy atom. The van der Waals surface area contributed by atoms with Gasteiger partial charge in [-0.25, -0.2) is 0 Å². The summed E-state index contributed by atoms with van der Waals surface area (Å²) < 4.78 is 45.8. The Labute approximate surface area is 118 Å². The molecular weight excluding hydrogens is 295 g/mol. The van der Waals surface area contributed by atoms with Gasteiger partial charge in [0.25, 0.3) is 5.91 Å². The van der Waals surface area contributed by atoms with E-state index >= 15 is 0 Å². The lowest BCUT2D eigenvalue weighted by atomic mass is 10.2. The highest BCUT2D eigenvalue weighted by Gasteiger charge is 2.27. The highest BCUT2D eigenvalue weighted by molar-refractivity contribution is 8.00. The molecule has 0 radical (unpaired) electrons. The second-order valence-electron chi connectivity index (χ2n) is 3.65. The summed E-state index contributed by atoms with van der Waals surface area (Å²) >= 11 is -0.178. The molecule has 0 saturated heterocycles. The minimum atomic E-state index is -4.29. The molecule has 0 heterocycles. The first-order chi connectivity index (χ1) is 9.35. The number of methoxy groups -OCH3 is 2. The maximum absolute atomic E-state index is 11.9. The number of amides is 1. The lowest BCUT2D eigenvalue weighted by Crippen LogP contribution is -2.26. The third-order valence-electron chi connectivity index (χ3n) is 2.27. The zero-order valence-corrected chi connectivity index (χ0v) is 11.7. The average Bonchev–Trinajstić information content (AvgIpc) is 2.41. The first-order valence-corrected chi connectivity index (χ1v) is 6.56. The van der Waals surface area contributed by atoms with E-state index < -0.39 is 11.4 Å². The molecule has 0 unspecified atom stereocenters. The average molecular weight is 309 g/mol. The molecular formula is C12H14F3NO3S. The van der Waals surface area contributed by atoms with Crippen molar-refractivity contribution < 1.29 is 27.4 Å². The van der Waals surface area contributed by atoms with Gasteiger partial charge in [-0.3, -0.25) is 4.79 Å². The molecule has 1 aromatic carbocycles. The Kier molecular flexibility index (Phi) is 6.00. The summed E-state index contributed by atoms with van der Waals surface area (Å²) in [5.74, 6) is 0.138. The van der Waals surface area contributed by atoms with Gasteiger partial charge < -0.3 is 14.8 Å². The quantitative estimate of drug-likeness (QED) is 0.821. The summed E-state index contributed by atoms with van der Waals surface area (Å²) in [6.07, 6.45) is 0. The summed E-state index contributed by atoms with van der Waals surface area (Å²) in [4.78, 5) is 11.8. The van der Waals surface area contributed by atoms with Gasteiger partial charge in [-0.2, -0.15) is 13.2 Å². The van der Waals surface area contributed by atoms with Crippen LogP contribution in [0, 0.1) is 0 Å². The van der Waals surface area contributed by atoms with Gasteiger partial charge in [-0.05, 0) is 23.9 Å². The summed E-state index contributed by atoms with van der Waals surface area (Å²) in [6, 6.07) is 4.56. The standard InChI is InChI=1S/C12H14F3NO3S/c1-18-9-5-8(6-10(7-9)19-2)11(17)16-3-4-20-12(13,14)15/h5-7H,3-4H2,1-2H3,(H,16,17). The van der Waals surface area contributed by atoms with Crippen LogP contribution in [0.4, 0.5) is 13.2 Å². The van der Waals surface area contributed by atoms with Gasteiger partial charge in [0.2, 0.25) is 0 Å². The topological polar surface area (TPSA) is 47.6 Å². The number of alkyl halides is 3. The first-order valence-electron chi connectivity index (χ1n) is 5.57. The highest BCUT2D eigenvalue weighted by atomic mass is 32.2. The van der Waals surface area contributed by atoms with Crippen molar-refractivity contribution in [2.24, 2.45) is 0 Å². The van der Waals surface area contributed by atoms with Gasteiger partial charge in [-0.15, -0.1) is 0 Å². The summed E-state index contributed by atoms with van der Waals surface area (Å²) in [5, 5.41) is 2.40. The summed E-state index contributed by atoms with van der Waals surface area (Å²) in [6.45, 7) is -0.0808. The predicted molar refractivity (Wildman–Crippen MR) is 70.4 cm³/mol. The van der Waals surface area contributed by atoms with E-state index in [-0.39, 0.29) is 29.6 Å². The Morgan fingerprint density at radius 2 is 1.75 bits per heavy atom. The molecule has 0 saturated carbocycles. The largest absolute Gasteiger partial charge is 0.497 e. The van der Waals surface area contributed by atoms with Crippen LogP contribution in [-0.4, -0.2) is 37.9 Å². The Bertz CT molecular complexity index is 444. The third kappa shape index (κ3) is 5.60. The van der Waals surface area contributed by atoms with E-state index in [1.807, 2.05) is 0 Å². The molecule has 0 spiro atoms. The number of thioether (sulfide) groups is 1. The Hall–Kier alpha value is -1.57. The second-order valence-corrected chi connectivity index (χ2v) is 4.81. The number of ether oxygens (including phenoxy) is 2. The van der Waals surface area contributed by atoms with Crippen molar-refractivity contribution >= 4 is 17.7 Å². The zero-order chi connectivity index (χ0) is 15.2. The molecule has 0 bridgehead atoms. The molecule has 1 aromatic rings. The van der Waals surface area contributed by atoms with Crippen molar-refractivity contribution in [1.29, 1.82) is 0 Å². The van der Waals surface area contributed by atoms with Crippen LogP contribution in [0.2, 0.25) is 0 Å². The van der Waals surface area contributed by atoms with Crippen molar-refractivity contribution in [3.63, 3.8) is 0 Å². The number of carbonyl (C=O) groups excluding carboxylic acids is 1. The summed E-state index contributed by atoms with van der Waals surface area (Å²) in [7, 11) is 2.88. The SMILES string of the molecule is COc1cc(OC)cc(C(=O)NCCSC(F)(F)F)c1. The smallest absolute Gasteiger partial charge is 0.441 e. The van der Waals surface area contributed by atoms with Crippen LogP contribution in [0.25, 0.3) is 0 Å². The minimum Gasteiger partial charge on any atom is -0.497 e. The van der Waals surface area contributed by atoms with Crippen LogP contribution in [-0.2, 0) is 0 Å². The van der Waals surface area contributed by atoms with Gasteiger partial charge >= 0.3 is 5.51 Å². The molecule has 0 aliphatic rings. The van der Waals surface area contributed by atoms with E-state index in [0.717, 1.165) is 0 Å². The number of nitrogens with one attached hydrogen (secondary N) is 1. The first kappa shape index (κ1) is 16.5. The number of rotatable bonds is 6. The number of benzene rings is 1. The van der Waals surface area contributed by atoms with Gasteiger partial charge in [0.15, 0.2) is 0 Å². The highest BCUT2D eigenvalue weighted by Crippen LogP contribution is 2.29. The van der Waals surface area contributed by atoms with Gasteiger partial charge in [0, 0.05) is 23.9 Å². The van der Waals surface area contributed by atoms with Crippen molar-refractivity contribution in [1.82, 2.24) is 5.32 Å². The molecule has 0 fully saturated rings. The van der Waals surface area contributed by atoms with E-state index in [1.165, 1.54) is 26.4 Å². The van der Waals surface area contributed by atoms with E-state index in [2.05, 4.69) is 5.32 Å². The number of halogens is 3. The van der Waals surface area contributed by atoms with Crippen molar-refractivity contribution in [2.75, 3.05) is 26.5 Å². The fourth-order valence-corrected chi connectivity index (χ4v) is 1.81. The molecule has 8 heteroatoms. The monoisotopic (exact) mass is 309 g/mol.